The number of ether oxygens (including phenoxy) is 3. The molecule has 12 heteroatoms. The van der Waals surface area contributed by atoms with Gasteiger partial charge in [0.15, 0.2) is 5.69 Å². The largest absolute Gasteiger partial charge is 0.494 e. The number of fused-ring (bicyclic) bond motifs is 1. The van der Waals surface area contributed by atoms with Gasteiger partial charge in [-0.25, -0.2) is 4.79 Å². The molecule has 2 aromatic rings. The van der Waals surface area contributed by atoms with Crippen molar-refractivity contribution in [2.24, 2.45) is 0 Å². The van der Waals surface area contributed by atoms with E-state index < -0.39 is 35.3 Å². The second-order valence-electron chi connectivity index (χ2n) is 10.7. The first-order valence-corrected chi connectivity index (χ1v) is 14.0. The summed E-state index contributed by atoms with van der Waals surface area (Å²) < 4.78 is 61.9. The Morgan fingerprint density at radius 2 is 1.82 bits per heavy atom. The van der Waals surface area contributed by atoms with Crippen molar-refractivity contribution in [1.29, 1.82) is 0 Å². The molecule has 3 heterocycles. The number of amides is 1. The normalized spacial score (nSPS) is 17.7. The van der Waals surface area contributed by atoms with Crippen LogP contribution in [0.1, 0.15) is 60.6 Å². The third kappa shape index (κ3) is 7.02. The molecule has 0 radical (unpaired) electrons. The van der Waals surface area contributed by atoms with Crippen molar-refractivity contribution >= 4 is 29.0 Å². The quantitative estimate of drug-likeness (QED) is 0.321. The van der Waals surface area contributed by atoms with Crippen molar-refractivity contribution in [1.82, 2.24) is 14.2 Å². The summed E-state index contributed by atoms with van der Waals surface area (Å²) in [6, 6.07) is 6.59. The van der Waals surface area contributed by atoms with Gasteiger partial charge in [0.2, 0.25) is 0 Å². The van der Waals surface area contributed by atoms with Gasteiger partial charge in [-0.1, -0.05) is 13.8 Å². The molecule has 1 aromatic heterocycles. The van der Waals surface area contributed by atoms with E-state index in [0.29, 0.717) is 29.5 Å². The van der Waals surface area contributed by atoms with Crippen LogP contribution >= 0.6 is 11.5 Å². The van der Waals surface area contributed by atoms with Crippen LogP contribution in [0, 0.1) is 0 Å². The molecule has 0 aliphatic carbocycles. The molecule has 0 saturated carbocycles. The highest BCUT2D eigenvalue weighted by Gasteiger charge is 2.46. The number of halogens is 3. The van der Waals surface area contributed by atoms with Crippen LogP contribution in [-0.2, 0) is 25.9 Å². The molecule has 2 aliphatic rings. The Bertz CT molecular complexity index is 1230. The fourth-order valence-corrected chi connectivity index (χ4v) is 5.85. The van der Waals surface area contributed by atoms with E-state index in [1.54, 1.807) is 52.0 Å². The average Bonchev–Trinajstić information content (AvgIpc) is 3.32. The lowest BCUT2D eigenvalue weighted by molar-refractivity contribution is -0.142. The average molecular weight is 582 g/mol. The first kappa shape index (κ1) is 30.0. The zero-order valence-electron chi connectivity index (χ0n) is 23.0. The zero-order chi connectivity index (χ0) is 29.1. The highest BCUT2D eigenvalue weighted by molar-refractivity contribution is 7.07. The molecule has 2 aliphatic heterocycles. The van der Waals surface area contributed by atoms with Crippen LogP contribution in [0.3, 0.4) is 0 Å². The van der Waals surface area contributed by atoms with E-state index in [1.165, 1.54) is 11.1 Å². The summed E-state index contributed by atoms with van der Waals surface area (Å²) in [6.45, 7) is 11.1. The van der Waals surface area contributed by atoms with E-state index in [2.05, 4.69) is 9.27 Å². The van der Waals surface area contributed by atoms with Gasteiger partial charge in [0.1, 0.15) is 5.75 Å². The maximum absolute atomic E-state index is 13.9. The lowest BCUT2D eigenvalue weighted by Crippen LogP contribution is -2.37. The first-order chi connectivity index (χ1) is 18.9. The highest BCUT2D eigenvalue weighted by atomic mass is 32.1. The van der Waals surface area contributed by atoms with Gasteiger partial charge in [-0.15, -0.1) is 0 Å². The summed E-state index contributed by atoms with van der Waals surface area (Å²) in [5.74, 6) is -0.669. The number of benzene rings is 1. The second kappa shape index (κ2) is 12.3. The molecule has 1 saturated heterocycles. The fourth-order valence-electron chi connectivity index (χ4n) is 4.78. The maximum Gasteiger partial charge on any atom is 0.434 e. The summed E-state index contributed by atoms with van der Waals surface area (Å²) in [5.41, 5.74) is -2.15. The van der Waals surface area contributed by atoms with Crippen molar-refractivity contribution in [3.63, 3.8) is 0 Å². The topological polar surface area (TPSA) is 81.2 Å². The molecule has 40 heavy (non-hydrogen) atoms. The number of hydrogen-bond acceptors (Lipinski definition) is 8. The van der Waals surface area contributed by atoms with E-state index in [-0.39, 0.29) is 22.6 Å². The standard InChI is InChI=1S/C28H34F3N3O5S/c1-18(2)39-26(36)21-16-34(17-27(3,4)22-23(21)40-32-24(22)28(29,30)31)25(35)19-6-8-20(9-7-19)38-13-5-10-33-11-14-37-15-12-33/h6-9,16,18H,5,10-15,17H2,1-4H3. The molecule has 218 valence electrons. The van der Waals surface area contributed by atoms with Gasteiger partial charge < -0.3 is 19.1 Å². The fraction of sp³-hybridized carbons (Fsp3) is 0.536. The number of alkyl halides is 3. The van der Waals surface area contributed by atoms with Crippen LogP contribution < -0.4 is 4.74 Å². The highest BCUT2D eigenvalue weighted by Crippen LogP contribution is 2.45. The van der Waals surface area contributed by atoms with E-state index in [9.17, 15) is 22.8 Å². The zero-order valence-corrected chi connectivity index (χ0v) is 23.9. The predicted octanol–water partition coefficient (Wildman–Crippen LogP) is 4.99. The number of carbonyl (C=O) groups excluding carboxylic acids is 2. The summed E-state index contributed by atoms with van der Waals surface area (Å²) in [7, 11) is 0. The number of rotatable bonds is 8. The lowest BCUT2D eigenvalue weighted by Gasteiger charge is -2.30. The maximum atomic E-state index is 13.9. The SMILES string of the molecule is CC(C)OC(=O)C1=CN(C(=O)c2ccc(OCCCN3CCOCC3)cc2)CC(C)(C)c2c(C(F)(F)F)nsc21. The van der Waals surface area contributed by atoms with Crippen molar-refractivity contribution in [3.05, 3.63) is 52.2 Å². The predicted molar refractivity (Wildman–Crippen MR) is 144 cm³/mol. The molecular formula is C28H34F3N3O5S. The van der Waals surface area contributed by atoms with Crippen LogP contribution in [0.5, 0.6) is 5.75 Å². The lowest BCUT2D eigenvalue weighted by atomic mass is 9.82. The van der Waals surface area contributed by atoms with Gasteiger partial charge in [0, 0.05) is 48.9 Å². The minimum absolute atomic E-state index is 0.0547. The second-order valence-corrected chi connectivity index (χ2v) is 11.5. The monoisotopic (exact) mass is 581 g/mol. The molecule has 8 nitrogen and oxygen atoms in total. The number of morpholine rings is 1. The third-order valence-electron chi connectivity index (χ3n) is 6.65. The molecule has 4 rings (SSSR count). The van der Waals surface area contributed by atoms with Crippen LogP contribution in [0.2, 0.25) is 0 Å². The summed E-state index contributed by atoms with van der Waals surface area (Å²) in [6.07, 6.45) is -3.09. The summed E-state index contributed by atoms with van der Waals surface area (Å²) in [5, 5.41) is 0. The smallest absolute Gasteiger partial charge is 0.434 e. The van der Waals surface area contributed by atoms with Gasteiger partial charge in [-0.2, -0.15) is 17.5 Å². The molecule has 1 amide bonds. The van der Waals surface area contributed by atoms with Crippen LogP contribution in [0.25, 0.3) is 5.57 Å². The van der Waals surface area contributed by atoms with Crippen LogP contribution in [0.4, 0.5) is 13.2 Å². The van der Waals surface area contributed by atoms with Crippen molar-refractivity contribution < 1.29 is 37.0 Å². The Morgan fingerprint density at radius 1 is 1.15 bits per heavy atom. The Morgan fingerprint density at radius 3 is 2.45 bits per heavy atom. The molecular weight excluding hydrogens is 547 g/mol. The molecule has 1 aromatic carbocycles. The van der Waals surface area contributed by atoms with Gasteiger partial charge in [-0.05, 0) is 56.1 Å². The third-order valence-corrected chi connectivity index (χ3v) is 7.53. The molecule has 0 bridgehead atoms. The summed E-state index contributed by atoms with van der Waals surface area (Å²) in [4.78, 5) is 30.2. The molecule has 0 N–H and O–H groups in total. The molecule has 0 spiro atoms. The summed E-state index contributed by atoms with van der Waals surface area (Å²) >= 11 is 0.585. The number of carbonyl (C=O) groups is 2. The number of aromatic nitrogens is 1. The Labute approximate surface area is 235 Å². The molecule has 1 fully saturated rings. The Kier molecular flexibility index (Phi) is 9.21. The van der Waals surface area contributed by atoms with Crippen molar-refractivity contribution in [3.8, 4) is 5.75 Å². The van der Waals surface area contributed by atoms with E-state index in [4.69, 9.17) is 14.2 Å². The van der Waals surface area contributed by atoms with Crippen LogP contribution in [0.15, 0.2) is 30.5 Å². The van der Waals surface area contributed by atoms with Gasteiger partial charge in [0.05, 0.1) is 36.4 Å². The van der Waals surface area contributed by atoms with Gasteiger partial charge >= 0.3 is 12.1 Å². The van der Waals surface area contributed by atoms with Gasteiger partial charge in [0.25, 0.3) is 5.91 Å². The van der Waals surface area contributed by atoms with E-state index in [0.717, 1.165) is 39.3 Å². The Balaban J connectivity index is 1.53. The van der Waals surface area contributed by atoms with E-state index >= 15 is 0 Å². The van der Waals surface area contributed by atoms with Crippen molar-refractivity contribution in [2.75, 3.05) is 46.0 Å². The van der Waals surface area contributed by atoms with E-state index in [1.807, 2.05) is 0 Å². The minimum atomic E-state index is -4.72. The minimum Gasteiger partial charge on any atom is -0.494 e. The van der Waals surface area contributed by atoms with Crippen LogP contribution in [-0.4, -0.2) is 78.2 Å². The Hall–Kier alpha value is -2.96. The number of hydrogen-bond donors (Lipinski definition) is 0. The molecule has 0 unspecified atom stereocenters. The number of nitrogens with zero attached hydrogens (tertiary/aromatic N) is 3. The van der Waals surface area contributed by atoms with Crippen molar-refractivity contribution in [2.45, 2.75) is 51.8 Å². The van der Waals surface area contributed by atoms with Gasteiger partial charge in [-0.3, -0.25) is 9.69 Å². The molecule has 0 atom stereocenters. The first-order valence-electron chi connectivity index (χ1n) is 13.2. The number of esters is 1.